The predicted octanol–water partition coefficient (Wildman–Crippen LogP) is 5.34. The Kier molecular flexibility index (Phi) is 6.70. The molecule has 0 radical (unpaired) electrons. The summed E-state index contributed by atoms with van der Waals surface area (Å²) in [5.41, 5.74) is 3.93. The highest BCUT2D eigenvalue weighted by molar-refractivity contribution is 5.81. The van der Waals surface area contributed by atoms with Crippen LogP contribution in [0.2, 0.25) is 0 Å². The van der Waals surface area contributed by atoms with E-state index in [0.29, 0.717) is 30.4 Å². The summed E-state index contributed by atoms with van der Waals surface area (Å²) < 4.78 is 45.2. The summed E-state index contributed by atoms with van der Waals surface area (Å²) in [7, 11) is 0. The molecule has 0 saturated carbocycles. The molecule has 0 spiro atoms. The van der Waals surface area contributed by atoms with Crippen LogP contribution in [0.15, 0.2) is 47.2 Å². The molecule has 190 valence electrons. The number of imidazole rings is 1. The fraction of sp³-hybridized carbons (Fsp3) is 0.423. The Hall–Kier alpha value is -3.40. The van der Waals surface area contributed by atoms with E-state index in [1.54, 1.807) is 6.26 Å². The SMILES string of the molecule is CCc1nc(Cn2c(-c3ccc(N4CCCC4C)nc3)nc3cc(CNCC(F)(F)F)ccc32)co1. The molecule has 10 heteroatoms. The van der Waals surface area contributed by atoms with Crippen LogP contribution in [0, 0.1) is 0 Å². The fourth-order valence-electron chi connectivity index (χ4n) is 4.72. The van der Waals surface area contributed by atoms with Gasteiger partial charge in [0, 0.05) is 37.3 Å². The van der Waals surface area contributed by atoms with Crippen molar-refractivity contribution in [3.05, 3.63) is 59.9 Å². The average molecular weight is 499 g/mol. The van der Waals surface area contributed by atoms with Gasteiger partial charge in [0.25, 0.3) is 0 Å². The third-order valence-corrected chi connectivity index (χ3v) is 6.54. The first-order valence-electron chi connectivity index (χ1n) is 12.2. The van der Waals surface area contributed by atoms with Gasteiger partial charge in [0.1, 0.15) is 17.9 Å². The number of benzene rings is 1. The van der Waals surface area contributed by atoms with Gasteiger partial charge < -0.3 is 19.2 Å². The molecule has 1 unspecified atom stereocenters. The van der Waals surface area contributed by atoms with Crippen LogP contribution in [-0.4, -0.2) is 44.8 Å². The number of aromatic nitrogens is 4. The maximum atomic E-state index is 12.5. The number of fused-ring (bicyclic) bond motifs is 1. The molecule has 1 aliphatic heterocycles. The van der Waals surface area contributed by atoms with Crippen molar-refractivity contribution in [2.45, 2.75) is 58.4 Å². The number of oxazole rings is 1. The van der Waals surface area contributed by atoms with Crippen LogP contribution < -0.4 is 10.2 Å². The molecule has 5 rings (SSSR count). The van der Waals surface area contributed by atoms with E-state index in [4.69, 9.17) is 14.4 Å². The number of nitrogens with zero attached hydrogens (tertiary/aromatic N) is 5. The summed E-state index contributed by atoms with van der Waals surface area (Å²) >= 11 is 0. The zero-order valence-corrected chi connectivity index (χ0v) is 20.3. The molecule has 7 nitrogen and oxygen atoms in total. The van der Waals surface area contributed by atoms with Crippen molar-refractivity contribution >= 4 is 16.9 Å². The molecule has 1 fully saturated rings. The van der Waals surface area contributed by atoms with Gasteiger partial charge in [-0.1, -0.05) is 13.0 Å². The van der Waals surface area contributed by atoms with E-state index in [-0.39, 0.29) is 6.54 Å². The first kappa shape index (κ1) is 24.3. The van der Waals surface area contributed by atoms with Gasteiger partial charge in [-0.2, -0.15) is 13.2 Å². The van der Waals surface area contributed by atoms with Crippen molar-refractivity contribution in [1.82, 2.24) is 24.8 Å². The van der Waals surface area contributed by atoms with E-state index in [9.17, 15) is 13.2 Å². The Labute approximate surface area is 207 Å². The number of pyridine rings is 1. The number of rotatable bonds is 8. The van der Waals surface area contributed by atoms with Gasteiger partial charge >= 0.3 is 6.18 Å². The van der Waals surface area contributed by atoms with E-state index in [1.165, 1.54) is 0 Å². The highest BCUT2D eigenvalue weighted by atomic mass is 19.4. The Morgan fingerprint density at radius 3 is 2.69 bits per heavy atom. The third kappa shape index (κ3) is 5.23. The molecular weight excluding hydrogens is 469 g/mol. The van der Waals surface area contributed by atoms with Crippen LogP contribution in [0.4, 0.5) is 19.0 Å². The van der Waals surface area contributed by atoms with Gasteiger partial charge in [-0.05, 0) is 49.6 Å². The monoisotopic (exact) mass is 498 g/mol. The second-order valence-corrected chi connectivity index (χ2v) is 9.24. The summed E-state index contributed by atoms with van der Waals surface area (Å²) in [4.78, 5) is 16.5. The Morgan fingerprint density at radius 1 is 1.17 bits per heavy atom. The second-order valence-electron chi connectivity index (χ2n) is 9.24. The molecule has 1 saturated heterocycles. The molecule has 0 amide bonds. The highest BCUT2D eigenvalue weighted by Gasteiger charge is 2.26. The summed E-state index contributed by atoms with van der Waals surface area (Å²) in [5.74, 6) is 2.34. The van der Waals surface area contributed by atoms with Crippen molar-refractivity contribution in [1.29, 1.82) is 0 Å². The topological polar surface area (TPSA) is 72.0 Å². The number of anilines is 1. The van der Waals surface area contributed by atoms with Crippen LogP contribution in [0.5, 0.6) is 0 Å². The smallest absolute Gasteiger partial charge is 0.401 e. The standard InChI is InChI=1S/C26H29F3N6O/c1-3-24-32-20(15-36-24)14-35-22-8-6-18(12-30-16-26(27,28)29)11-21(22)33-25(35)19-7-9-23(31-13-19)34-10-4-5-17(34)2/h6-9,11,13,15,17,30H,3-5,10,12,14,16H2,1-2H3. The van der Waals surface area contributed by atoms with Gasteiger partial charge in [0.2, 0.25) is 0 Å². The number of hydrogen-bond donors (Lipinski definition) is 1. The van der Waals surface area contributed by atoms with Crippen LogP contribution in [0.25, 0.3) is 22.4 Å². The Bertz CT molecular complexity index is 1330. The van der Waals surface area contributed by atoms with E-state index in [2.05, 4.69) is 26.7 Å². The van der Waals surface area contributed by atoms with Gasteiger partial charge in [-0.15, -0.1) is 0 Å². The number of halogens is 3. The summed E-state index contributed by atoms with van der Waals surface area (Å²) in [6.45, 7) is 4.71. The van der Waals surface area contributed by atoms with Gasteiger partial charge in [0.05, 0.1) is 29.8 Å². The molecule has 1 aromatic carbocycles. The minimum atomic E-state index is -4.25. The third-order valence-electron chi connectivity index (χ3n) is 6.54. The predicted molar refractivity (Wildman–Crippen MR) is 132 cm³/mol. The number of nitrogens with one attached hydrogen (secondary N) is 1. The molecule has 1 aliphatic rings. The Balaban J connectivity index is 1.48. The van der Waals surface area contributed by atoms with E-state index < -0.39 is 12.7 Å². The van der Waals surface area contributed by atoms with Crippen LogP contribution in [0.1, 0.15) is 43.8 Å². The molecule has 36 heavy (non-hydrogen) atoms. The van der Waals surface area contributed by atoms with E-state index >= 15 is 0 Å². The Morgan fingerprint density at radius 2 is 2.03 bits per heavy atom. The van der Waals surface area contributed by atoms with Gasteiger partial charge in [-0.25, -0.2) is 15.0 Å². The van der Waals surface area contributed by atoms with Crippen LogP contribution in [0.3, 0.4) is 0 Å². The van der Waals surface area contributed by atoms with E-state index in [1.807, 2.05) is 43.5 Å². The van der Waals surface area contributed by atoms with Crippen molar-refractivity contribution in [3.63, 3.8) is 0 Å². The normalized spacial score (nSPS) is 16.4. The summed E-state index contributed by atoms with van der Waals surface area (Å²) in [6, 6.07) is 10.1. The fourth-order valence-corrected chi connectivity index (χ4v) is 4.72. The minimum Gasteiger partial charge on any atom is -0.449 e. The van der Waals surface area contributed by atoms with Crippen molar-refractivity contribution in [2.75, 3.05) is 18.0 Å². The van der Waals surface area contributed by atoms with Gasteiger partial charge in [-0.3, -0.25) is 0 Å². The first-order valence-corrected chi connectivity index (χ1v) is 12.2. The van der Waals surface area contributed by atoms with E-state index in [0.717, 1.165) is 53.4 Å². The summed E-state index contributed by atoms with van der Waals surface area (Å²) in [5, 5.41) is 2.45. The molecular formula is C26H29F3N6O. The first-order chi connectivity index (χ1) is 17.3. The molecule has 1 atom stereocenters. The lowest BCUT2D eigenvalue weighted by Crippen LogP contribution is -2.28. The average Bonchev–Trinajstić information content (AvgIpc) is 3.57. The maximum Gasteiger partial charge on any atom is 0.401 e. The second kappa shape index (κ2) is 9.93. The van der Waals surface area contributed by atoms with Crippen molar-refractivity contribution in [3.8, 4) is 11.4 Å². The van der Waals surface area contributed by atoms with Crippen molar-refractivity contribution < 1.29 is 17.6 Å². The molecule has 4 aromatic rings. The summed E-state index contributed by atoms with van der Waals surface area (Å²) in [6.07, 6.45) is 2.27. The number of hydrogen-bond acceptors (Lipinski definition) is 6. The zero-order chi connectivity index (χ0) is 25.3. The molecule has 3 aromatic heterocycles. The quantitative estimate of drug-likeness (QED) is 0.354. The minimum absolute atomic E-state index is 0.102. The zero-order valence-electron chi connectivity index (χ0n) is 20.3. The highest BCUT2D eigenvalue weighted by Crippen LogP contribution is 2.29. The molecule has 0 aliphatic carbocycles. The van der Waals surface area contributed by atoms with Crippen LogP contribution >= 0.6 is 0 Å². The number of aryl methyl sites for hydroxylation is 1. The molecule has 1 N–H and O–H groups in total. The van der Waals surface area contributed by atoms with Crippen molar-refractivity contribution in [2.24, 2.45) is 0 Å². The molecule has 0 bridgehead atoms. The van der Waals surface area contributed by atoms with Gasteiger partial charge in [0.15, 0.2) is 5.89 Å². The number of alkyl halides is 3. The maximum absolute atomic E-state index is 12.5. The lowest BCUT2D eigenvalue weighted by molar-refractivity contribution is -0.125. The lowest BCUT2D eigenvalue weighted by atomic mass is 10.2. The lowest BCUT2D eigenvalue weighted by Gasteiger charge is -2.22. The molecule has 4 heterocycles. The largest absolute Gasteiger partial charge is 0.449 e. The van der Waals surface area contributed by atoms with Crippen LogP contribution in [-0.2, 0) is 19.5 Å².